The fraction of sp³-hybridized carbons (Fsp3) is 0.429. The number of carbonyl (C=O) groups is 1. The van der Waals surface area contributed by atoms with Gasteiger partial charge in [-0.3, -0.25) is 4.79 Å². The van der Waals surface area contributed by atoms with Crippen LogP contribution in [0.4, 0.5) is 0 Å². The Kier molecular flexibility index (Phi) is 4.37. The highest BCUT2D eigenvalue weighted by Crippen LogP contribution is 2.20. The largest absolute Gasteiger partial charge is 0.496 e. The maximum Gasteiger partial charge on any atom is 0.237 e. The molecule has 100 valence electrons. The van der Waals surface area contributed by atoms with E-state index in [0.29, 0.717) is 12.1 Å². The second-order valence-corrected chi connectivity index (χ2v) is 4.51. The zero-order chi connectivity index (χ0) is 13.7. The Morgan fingerprint density at radius 3 is 3.11 bits per heavy atom. The van der Waals surface area contributed by atoms with Gasteiger partial charge in [-0.1, -0.05) is 0 Å². The highest BCUT2D eigenvalue weighted by atomic mass is 16.5. The zero-order valence-electron chi connectivity index (χ0n) is 10.9. The van der Waals surface area contributed by atoms with Crippen LogP contribution in [0.5, 0.6) is 5.75 Å². The molecular weight excluding hydrogens is 242 g/mol. The van der Waals surface area contributed by atoms with Crippen LogP contribution in [0.2, 0.25) is 0 Å². The summed E-state index contributed by atoms with van der Waals surface area (Å²) in [5.74, 6) is 0.768. The van der Waals surface area contributed by atoms with Crippen molar-refractivity contribution < 1.29 is 9.53 Å². The van der Waals surface area contributed by atoms with Crippen molar-refractivity contribution in [3.63, 3.8) is 0 Å². The van der Waals surface area contributed by atoms with E-state index in [4.69, 9.17) is 10.00 Å². The standard InChI is InChI=1S/C14H17N3O2/c1-19-13-5-4-10(8-15)7-11(13)9-17-12-3-2-6-16-14(12)18/h4-5,7,12,17H,2-3,6,9H2,1H3,(H,16,18). The molecule has 0 aromatic heterocycles. The predicted octanol–water partition coefficient (Wildman–Crippen LogP) is 0.935. The number of nitrogens with zero attached hydrogens (tertiary/aromatic N) is 1. The first-order valence-electron chi connectivity index (χ1n) is 6.32. The van der Waals surface area contributed by atoms with Crippen LogP contribution in [0.25, 0.3) is 0 Å². The minimum atomic E-state index is -0.163. The molecule has 0 aliphatic carbocycles. The number of nitrogens with one attached hydrogen (secondary N) is 2. The third-order valence-electron chi connectivity index (χ3n) is 3.23. The van der Waals surface area contributed by atoms with Gasteiger partial charge in [-0.2, -0.15) is 5.26 Å². The van der Waals surface area contributed by atoms with E-state index >= 15 is 0 Å². The SMILES string of the molecule is COc1ccc(C#N)cc1CNC1CCCNC1=O. The zero-order valence-corrected chi connectivity index (χ0v) is 10.9. The number of ether oxygens (including phenoxy) is 1. The van der Waals surface area contributed by atoms with Crippen molar-refractivity contribution >= 4 is 5.91 Å². The van der Waals surface area contributed by atoms with Gasteiger partial charge in [0.2, 0.25) is 5.91 Å². The van der Waals surface area contributed by atoms with Crippen LogP contribution in [0.1, 0.15) is 24.0 Å². The van der Waals surface area contributed by atoms with Gasteiger partial charge >= 0.3 is 0 Å². The lowest BCUT2D eigenvalue weighted by atomic mass is 10.1. The van der Waals surface area contributed by atoms with Crippen molar-refractivity contribution in [3.05, 3.63) is 29.3 Å². The van der Waals surface area contributed by atoms with E-state index in [0.717, 1.165) is 30.7 Å². The molecule has 1 aliphatic heterocycles. The molecule has 0 saturated carbocycles. The van der Waals surface area contributed by atoms with E-state index < -0.39 is 0 Å². The molecule has 0 spiro atoms. The molecule has 0 bridgehead atoms. The number of carbonyl (C=O) groups excluding carboxylic acids is 1. The van der Waals surface area contributed by atoms with Gasteiger partial charge in [-0.25, -0.2) is 0 Å². The van der Waals surface area contributed by atoms with Crippen LogP contribution in [0.15, 0.2) is 18.2 Å². The molecule has 5 heteroatoms. The lowest BCUT2D eigenvalue weighted by molar-refractivity contribution is -0.124. The van der Waals surface area contributed by atoms with E-state index in [9.17, 15) is 4.79 Å². The summed E-state index contributed by atoms with van der Waals surface area (Å²) in [7, 11) is 1.60. The molecule has 1 fully saturated rings. The van der Waals surface area contributed by atoms with Gasteiger partial charge in [-0.05, 0) is 31.0 Å². The van der Waals surface area contributed by atoms with Crippen molar-refractivity contribution in [2.24, 2.45) is 0 Å². The lowest BCUT2D eigenvalue weighted by Gasteiger charge is -2.23. The summed E-state index contributed by atoms with van der Waals surface area (Å²) in [4.78, 5) is 11.6. The summed E-state index contributed by atoms with van der Waals surface area (Å²) < 4.78 is 5.26. The van der Waals surface area contributed by atoms with Crippen LogP contribution in [-0.2, 0) is 11.3 Å². The smallest absolute Gasteiger partial charge is 0.237 e. The molecule has 2 rings (SSSR count). The fourth-order valence-electron chi connectivity index (χ4n) is 2.19. The normalized spacial score (nSPS) is 18.5. The molecule has 0 radical (unpaired) electrons. The molecule has 1 amide bonds. The first kappa shape index (κ1) is 13.4. The number of rotatable bonds is 4. The lowest BCUT2D eigenvalue weighted by Crippen LogP contribution is -2.47. The molecule has 5 nitrogen and oxygen atoms in total. The number of nitriles is 1. The Bertz CT molecular complexity index is 508. The predicted molar refractivity (Wildman–Crippen MR) is 70.6 cm³/mol. The molecule has 1 aliphatic rings. The first-order chi connectivity index (χ1) is 9.24. The topological polar surface area (TPSA) is 74.2 Å². The molecular formula is C14H17N3O2. The van der Waals surface area contributed by atoms with E-state index in [-0.39, 0.29) is 11.9 Å². The summed E-state index contributed by atoms with van der Waals surface area (Å²) in [6.07, 6.45) is 1.82. The van der Waals surface area contributed by atoms with Crippen LogP contribution >= 0.6 is 0 Å². The molecule has 1 saturated heterocycles. The molecule has 1 aromatic carbocycles. The maximum atomic E-state index is 11.6. The van der Waals surface area contributed by atoms with Gasteiger partial charge in [-0.15, -0.1) is 0 Å². The molecule has 1 heterocycles. The van der Waals surface area contributed by atoms with Gasteiger partial charge in [0.1, 0.15) is 5.75 Å². The maximum absolute atomic E-state index is 11.6. The first-order valence-corrected chi connectivity index (χ1v) is 6.32. The molecule has 1 unspecified atom stereocenters. The van der Waals surface area contributed by atoms with Crippen molar-refractivity contribution in [3.8, 4) is 11.8 Å². The van der Waals surface area contributed by atoms with Crippen molar-refractivity contribution in [1.29, 1.82) is 5.26 Å². The summed E-state index contributed by atoms with van der Waals surface area (Å²) >= 11 is 0. The summed E-state index contributed by atoms with van der Waals surface area (Å²) in [5, 5.41) is 15.0. The monoisotopic (exact) mass is 259 g/mol. The van der Waals surface area contributed by atoms with Crippen molar-refractivity contribution in [2.75, 3.05) is 13.7 Å². The Balaban J connectivity index is 2.05. The molecule has 1 atom stereocenters. The third-order valence-corrected chi connectivity index (χ3v) is 3.23. The Morgan fingerprint density at radius 1 is 1.58 bits per heavy atom. The van der Waals surface area contributed by atoms with Crippen LogP contribution in [0.3, 0.4) is 0 Å². The second-order valence-electron chi connectivity index (χ2n) is 4.51. The average molecular weight is 259 g/mol. The number of piperidine rings is 1. The third kappa shape index (κ3) is 3.24. The molecule has 2 N–H and O–H groups in total. The second kappa shape index (κ2) is 6.21. The van der Waals surface area contributed by atoms with E-state index in [1.54, 1.807) is 25.3 Å². The van der Waals surface area contributed by atoms with Gasteiger partial charge < -0.3 is 15.4 Å². The highest BCUT2D eigenvalue weighted by molar-refractivity contribution is 5.82. The van der Waals surface area contributed by atoms with Crippen LogP contribution < -0.4 is 15.4 Å². The van der Waals surface area contributed by atoms with E-state index in [1.165, 1.54) is 0 Å². The summed E-state index contributed by atoms with van der Waals surface area (Å²) in [5.41, 5.74) is 1.48. The number of hydrogen-bond donors (Lipinski definition) is 2. The number of amides is 1. The minimum Gasteiger partial charge on any atom is -0.496 e. The number of methoxy groups -OCH3 is 1. The van der Waals surface area contributed by atoms with E-state index in [1.807, 2.05) is 0 Å². The average Bonchev–Trinajstić information content (AvgIpc) is 2.46. The van der Waals surface area contributed by atoms with Crippen LogP contribution in [-0.4, -0.2) is 25.6 Å². The summed E-state index contributed by atoms with van der Waals surface area (Å²) in [6, 6.07) is 7.22. The number of benzene rings is 1. The summed E-state index contributed by atoms with van der Waals surface area (Å²) in [6.45, 7) is 1.26. The van der Waals surface area contributed by atoms with Gasteiger partial charge in [0.15, 0.2) is 0 Å². The molecule has 19 heavy (non-hydrogen) atoms. The van der Waals surface area contributed by atoms with Gasteiger partial charge in [0.05, 0.1) is 24.8 Å². The van der Waals surface area contributed by atoms with Gasteiger partial charge in [0, 0.05) is 18.7 Å². The quantitative estimate of drug-likeness (QED) is 0.843. The molecule has 1 aromatic rings. The van der Waals surface area contributed by atoms with Crippen LogP contribution in [0, 0.1) is 11.3 Å². The fourth-order valence-corrected chi connectivity index (χ4v) is 2.19. The van der Waals surface area contributed by atoms with E-state index in [2.05, 4.69) is 16.7 Å². The Hall–Kier alpha value is -2.06. The Morgan fingerprint density at radius 2 is 2.42 bits per heavy atom. The Labute approximate surface area is 112 Å². The highest BCUT2D eigenvalue weighted by Gasteiger charge is 2.21. The van der Waals surface area contributed by atoms with Crippen molar-refractivity contribution in [2.45, 2.75) is 25.4 Å². The van der Waals surface area contributed by atoms with Gasteiger partial charge in [0.25, 0.3) is 0 Å². The van der Waals surface area contributed by atoms with Crippen molar-refractivity contribution in [1.82, 2.24) is 10.6 Å². The minimum absolute atomic E-state index is 0.0432. The number of hydrogen-bond acceptors (Lipinski definition) is 4.